The number of oxime groups is 1. The number of aliphatic carboxylic acids is 1. The molecular weight excluding hydrogens is 522 g/mol. The summed E-state index contributed by atoms with van der Waals surface area (Å²) in [5, 5.41) is 16.2. The van der Waals surface area contributed by atoms with Gasteiger partial charge in [-0.15, -0.1) is 23.1 Å². The Morgan fingerprint density at radius 3 is 2.24 bits per heavy atom. The molecule has 8 nitrogen and oxygen atoms in total. The average Bonchev–Trinajstić information content (AvgIpc) is 3.46. The van der Waals surface area contributed by atoms with Crippen molar-refractivity contribution >= 4 is 52.1 Å². The normalized spacial score (nSPS) is 24.7. The fourth-order valence-corrected chi connectivity index (χ4v) is 8.11. The quantitative estimate of drug-likeness (QED) is 0.256. The molecule has 10 heteroatoms. The smallest absolute Gasteiger partial charge is 0.318 e. The Kier molecular flexibility index (Phi) is 7.27. The molecule has 2 aliphatic heterocycles. The maximum atomic E-state index is 13.5. The number of rotatable bonds is 8. The zero-order chi connectivity index (χ0) is 26.9. The van der Waals surface area contributed by atoms with Crippen molar-refractivity contribution in [2.75, 3.05) is 18.6 Å². The Morgan fingerprint density at radius 1 is 1.11 bits per heavy atom. The zero-order valence-corrected chi connectivity index (χ0v) is 22.5. The van der Waals surface area contributed by atoms with Gasteiger partial charge in [0, 0.05) is 24.6 Å². The van der Waals surface area contributed by atoms with Crippen molar-refractivity contribution in [1.82, 2.24) is 4.90 Å². The monoisotopic (exact) mass is 549 g/mol. The number of carboxylic acid groups (broad SMARTS) is 1. The molecule has 2 fully saturated rings. The van der Waals surface area contributed by atoms with Crippen LogP contribution in [0.15, 0.2) is 83.3 Å². The minimum Gasteiger partial charge on any atom is -0.480 e. The first-order valence-electron chi connectivity index (χ1n) is 12.1. The molecule has 0 bridgehead atoms. The van der Waals surface area contributed by atoms with E-state index >= 15 is 0 Å². The van der Waals surface area contributed by atoms with Crippen molar-refractivity contribution in [3.63, 3.8) is 0 Å². The van der Waals surface area contributed by atoms with Crippen molar-refractivity contribution in [2.45, 2.75) is 29.5 Å². The predicted octanol–water partition coefficient (Wildman–Crippen LogP) is 4.29. The van der Waals surface area contributed by atoms with Crippen molar-refractivity contribution in [1.29, 1.82) is 0 Å². The number of thioether (sulfide) groups is 1. The number of carbonyl (C=O) groups excluding carboxylic acids is 2. The van der Waals surface area contributed by atoms with Crippen molar-refractivity contribution < 1.29 is 24.3 Å². The summed E-state index contributed by atoms with van der Waals surface area (Å²) in [7, 11) is 1.36. The molecule has 1 aromatic heterocycles. The predicted molar refractivity (Wildman–Crippen MR) is 148 cm³/mol. The van der Waals surface area contributed by atoms with E-state index in [2.05, 4.69) is 5.16 Å². The minimum absolute atomic E-state index is 0.0841. The van der Waals surface area contributed by atoms with Crippen LogP contribution in [0.4, 0.5) is 5.00 Å². The molecule has 38 heavy (non-hydrogen) atoms. The Hall–Kier alpha value is -3.63. The van der Waals surface area contributed by atoms with Crippen LogP contribution in [-0.2, 0) is 19.2 Å². The molecule has 3 heterocycles. The summed E-state index contributed by atoms with van der Waals surface area (Å²) in [4.78, 5) is 47.4. The van der Waals surface area contributed by atoms with Crippen LogP contribution < -0.4 is 4.90 Å². The lowest BCUT2D eigenvalue weighted by molar-refractivity contribution is -0.155. The number of hydrogen-bond acceptors (Lipinski definition) is 7. The topological polar surface area (TPSA) is 99.5 Å². The highest BCUT2D eigenvalue weighted by Crippen LogP contribution is 2.54. The van der Waals surface area contributed by atoms with Crippen LogP contribution in [-0.4, -0.2) is 64.3 Å². The number of amides is 2. The molecule has 0 radical (unpaired) electrons. The summed E-state index contributed by atoms with van der Waals surface area (Å²) in [5.41, 5.74) is 0.355. The third-order valence-corrected chi connectivity index (χ3v) is 9.75. The standard InChI is InChI=1S/C28H27N3O5S2/c1-18(32)31(21-14-9-15-37-21)23-25(33)30-17-28(27(34)35,16-29-36-2)24(38-26(23)30)22(19-10-5-3-6-11-19)20-12-7-4-8-13-20/h3-16,22-24,26H,17H2,1-2H3,(H,34,35)/t23?,24?,26-,28?/m1/s1. The molecule has 196 valence electrons. The third-order valence-electron chi connectivity index (χ3n) is 7.11. The number of nitrogens with zero attached hydrogens (tertiary/aromatic N) is 3. The first-order valence-corrected chi connectivity index (χ1v) is 13.9. The molecule has 2 aromatic carbocycles. The maximum Gasteiger partial charge on any atom is 0.318 e. The Bertz CT molecular complexity index is 1300. The molecule has 2 amide bonds. The molecule has 0 saturated carbocycles. The largest absolute Gasteiger partial charge is 0.480 e. The molecule has 4 atom stereocenters. The maximum absolute atomic E-state index is 13.5. The second-order valence-corrected chi connectivity index (χ2v) is 11.4. The van der Waals surface area contributed by atoms with E-state index < -0.39 is 28.0 Å². The summed E-state index contributed by atoms with van der Waals surface area (Å²) in [6, 6.07) is 22.4. The van der Waals surface area contributed by atoms with E-state index in [1.807, 2.05) is 78.2 Å². The minimum atomic E-state index is -1.54. The number of anilines is 1. The van der Waals surface area contributed by atoms with E-state index in [-0.39, 0.29) is 24.3 Å². The number of β-lactam (4-membered cyclic amide) rings is 1. The molecule has 0 aliphatic carbocycles. The first kappa shape index (κ1) is 26.0. The molecule has 0 spiro atoms. The lowest BCUT2D eigenvalue weighted by atomic mass is 9.73. The second-order valence-electron chi connectivity index (χ2n) is 9.26. The van der Waals surface area contributed by atoms with Crippen LogP contribution in [0, 0.1) is 5.41 Å². The van der Waals surface area contributed by atoms with Gasteiger partial charge < -0.3 is 14.8 Å². The van der Waals surface area contributed by atoms with Crippen molar-refractivity contribution in [3.8, 4) is 0 Å². The van der Waals surface area contributed by atoms with Gasteiger partial charge in [0.05, 0.1) is 11.2 Å². The lowest BCUT2D eigenvalue weighted by Gasteiger charge is -2.58. The fraction of sp³-hybridized carbons (Fsp3) is 0.286. The van der Waals surface area contributed by atoms with Gasteiger partial charge in [0.2, 0.25) is 11.8 Å². The summed E-state index contributed by atoms with van der Waals surface area (Å²) in [5.74, 6) is -1.95. The van der Waals surface area contributed by atoms with Gasteiger partial charge in [0.1, 0.15) is 23.9 Å². The Labute approximate surface area is 228 Å². The molecule has 2 saturated heterocycles. The van der Waals surface area contributed by atoms with Gasteiger partial charge in [0.25, 0.3) is 0 Å². The fourth-order valence-electron chi connectivity index (χ4n) is 5.34. The van der Waals surface area contributed by atoms with Gasteiger partial charge in [0.15, 0.2) is 0 Å². The highest BCUT2D eigenvalue weighted by atomic mass is 32.2. The summed E-state index contributed by atoms with van der Waals surface area (Å²) in [6.45, 7) is 1.36. The number of carboxylic acids is 1. The highest BCUT2D eigenvalue weighted by molar-refractivity contribution is 8.00. The van der Waals surface area contributed by atoms with Crippen LogP contribution in [0.2, 0.25) is 0 Å². The van der Waals surface area contributed by atoms with Crippen molar-refractivity contribution in [2.24, 2.45) is 10.6 Å². The lowest BCUT2D eigenvalue weighted by Crippen LogP contribution is -2.76. The molecule has 5 rings (SSSR count). The van der Waals surface area contributed by atoms with E-state index in [1.54, 1.807) is 4.90 Å². The van der Waals surface area contributed by atoms with Gasteiger partial charge in [-0.2, -0.15) is 0 Å². The van der Waals surface area contributed by atoms with Crippen LogP contribution in [0.3, 0.4) is 0 Å². The van der Waals surface area contributed by atoms with Crippen molar-refractivity contribution in [3.05, 3.63) is 89.3 Å². The van der Waals surface area contributed by atoms with Crippen LogP contribution in [0.1, 0.15) is 24.0 Å². The van der Waals surface area contributed by atoms with Gasteiger partial charge >= 0.3 is 5.97 Å². The molecule has 1 N–H and O–H groups in total. The van der Waals surface area contributed by atoms with Gasteiger partial charge in [-0.1, -0.05) is 65.8 Å². The van der Waals surface area contributed by atoms with E-state index in [1.165, 1.54) is 48.2 Å². The summed E-state index contributed by atoms with van der Waals surface area (Å²) < 4.78 is 0. The number of fused-ring (bicyclic) bond motifs is 1. The Morgan fingerprint density at radius 2 is 1.74 bits per heavy atom. The van der Waals surface area contributed by atoms with E-state index in [4.69, 9.17) is 4.84 Å². The molecule has 2 aliphatic rings. The number of hydrogen-bond donors (Lipinski definition) is 1. The second kappa shape index (κ2) is 10.6. The van der Waals surface area contributed by atoms with E-state index in [0.717, 1.165) is 11.1 Å². The first-order chi connectivity index (χ1) is 18.4. The number of benzene rings is 2. The average molecular weight is 550 g/mol. The Balaban J connectivity index is 1.64. The molecule has 3 aromatic rings. The van der Waals surface area contributed by atoms with E-state index in [9.17, 15) is 19.5 Å². The zero-order valence-electron chi connectivity index (χ0n) is 20.8. The SMILES string of the molecule is CON=CC1(C(=O)O)CN2C(=O)C(N(C(C)=O)c3cccs3)[C@H]2SC1C(c1ccccc1)c1ccccc1. The molecule has 3 unspecified atom stereocenters. The van der Waals surface area contributed by atoms with Gasteiger partial charge in [-0.05, 0) is 28.6 Å². The summed E-state index contributed by atoms with van der Waals surface area (Å²) in [6.07, 6.45) is 1.32. The van der Waals surface area contributed by atoms with E-state index in [0.29, 0.717) is 5.00 Å². The third kappa shape index (κ3) is 4.37. The number of thiophene rings is 1. The van der Waals surface area contributed by atoms with Crippen LogP contribution in [0.5, 0.6) is 0 Å². The highest BCUT2D eigenvalue weighted by Gasteiger charge is 2.64. The van der Waals surface area contributed by atoms with Gasteiger partial charge in [-0.25, -0.2) is 0 Å². The molecular formula is C28H27N3O5S2. The van der Waals surface area contributed by atoms with Gasteiger partial charge in [-0.3, -0.25) is 19.3 Å². The van der Waals surface area contributed by atoms with Crippen LogP contribution in [0.25, 0.3) is 0 Å². The van der Waals surface area contributed by atoms with Crippen LogP contribution >= 0.6 is 23.1 Å². The number of carbonyl (C=O) groups is 3. The summed E-state index contributed by atoms with van der Waals surface area (Å²) >= 11 is 2.80.